The lowest BCUT2D eigenvalue weighted by molar-refractivity contribution is -0.140. The Morgan fingerprint density at radius 3 is 2.18 bits per heavy atom. The molecule has 39 heavy (non-hydrogen) atoms. The topological polar surface area (TPSA) is 86.8 Å². The number of nitrogens with one attached hydrogen (secondary N) is 1. The number of nitrogens with zero attached hydrogens (tertiary/aromatic N) is 2. The first-order valence-corrected chi connectivity index (χ1v) is 15.6. The smallest absolute Gasteiger partial charge is 0.244 e. The molecule has 0 saturated heterocycles. The molecule has 0 aromatic heterocycles. The Labute approximate surface area is 240 Å². The average molecular weight is 615 g/mol. The summed E-state index contributed by atoms with van der Waals surface area (Å²) >= 11 is 3.44. The van der Waals surface area contributed by atoms with Gasteiger partial charge in [-0.15, -0.1) is 0 Å². The van der Waals surface area contributed by atoms with Gasteiger partial charge in [-0.2, -0.15) is 0 Å². The standard InChI is InChI=1S/C30H36BrN3O4S/c1-4-5-19-32-30(36)28(20-24-12-7-6-8-13-24)33(21-25-15-17-26(31)18-16-25)29(35)22-34(39(3,37)38)27-14-10-9-11-23(27)2/h6-18,28H,4-5,19-22H2,1-3H3,(H,32,36)/t28-/m0/s1. The SMILES string of the molecule is CCCCNC(=O)[C@H](Cc1ccccc1)N(Cc1ccc(Br)cc1)C(=O)CN(c1ccccc1C)S(C)(=O)=O. The second-order valence-corrected chi connectivity index (χ2v) is 12.4. The van der Waals surface area contributed by atoms with Gasteiger partial charge in [-0.25, -0.2) is 8.42 Å². The van der Waals surface area contributed by atoms with E-state index in [2.05, 4.69) is 21.2 Å². The lowest BCUT2D eigenvalue weighted by atomic mass is 10.0. The summed E-state index contributed by atoms with van der Waals surface area (Å²) in [6.45, 7) is 4.07. The summed E-state index contributed by atoms with van der Waals surface area (Å²) in [5.74, 6) is -0.724. The van der Waals surface area contributed by atoms with Crippen LogP contribution in [0.3, 0.4) is 0 Å². The van der Waals surface area contributed by atoms with E-state index in [1.807, 2.05) is 67.6 Å². The van der Waals surface area contributed by atoms with Crippen LogP contribution in [0.4, 0.5) is 5.69 Å². The van der Waals surface area contributed by atoms with Gasteiger partial charge in [0.15, 0.2) is 0 Å². The van der Waals surface area contributed by atoms with Crippen molar-refractivity contribution in [3.05, 3.63) is 100 Å². The van der Waals surface area contributed by atoms with Gasteiger partial charge in [0.1, 0.15) is 12.6 Å². The molecule has 0 spiro atoms. The van der Waals surface area contributed by atoms with Crippen LogP contribution in [0.15, 0.2) is 83.3 Å². The first-order valence-electron chi connectivity index (χ1n) is 13.0. The Morgan fingerprint density at radius 1 is 0.923 bits per heavy atom. The van der Waals surface area contributed by atoms with Crippen molar-refractivity contribution in [2.75, 3.05) is 23.7 Å². The van der Waals surface area contributed by atoms with Crippen LogP contribution in [0.5, 0.6) is 0 Å². The van der Waals surface area contributed by atoms with Crippen LogP contribution in [-0.4, -0.2) is 50.5 Å². The summed E-state index contributed by atoms with van der Waals surface area (Å²) in [6, 6.07) is 23.3. The minimum absolute atomic E-state index is 0.149. The van der Waals surface area contributed by atoms with Gasteiger partial charge in [0.2, 0.25) is 21.8 Å². The van der Waals surface area contributed by atoms with E-state index < -0.39 is 28.5 Å². The van der Waals surface area contributed by atoms with E-state index in [-0.39, 0.29) is 12.5 Å². The van der Waals surface area contributed by atoms with Gasteiger partial charge in [-0.3, -0.25) is 13.9 Å². The molecule has 208 valence electrons. The molecule has 2 amide bonds. The Hall–Kier alpha value is -3.17. The molecule has 1 N–H and O–H groups in total. The Bertz CT molecular complexity index is 1350. The summed E-state index contributed by atoms with van der Waals surface area (Å²) in [7, 11) is -3.79. The Morgan fingerprint density at radius 2 is 1.56 bits per heavy atom. The molecule has 0 aliphatic rings. The van der Waals surface area contributed by atoms with Gasteiger partial charge in [-0.05, 0) is 48.2 Å². The predicted octanol–water partition coefficient (Wildman–Crippen LogP) is 5.08. The molecule has 9 heteroatoms. The van der Waals surface area contributed by atoms with Crippen molar-refractivity contribution in [3.63, 3.8) is 0 Å². The van der Waals surface area contributed by atoms with E-state index >= 15 is 0 Å². The number of rotatable bonds is 13. The molecule has 3 aromatic carbocycles. The van der Waals surface area contributed by atoms with Gasteiger partial charge >= 0.3 is 0 Å². The summed E-state index contributed by atoms with van der Waals surface area (Å²) in [5, 5.41) is 2.99. The fourth-order valence-corrected chi connectivity index (χ4v) is 5.46. The number of sulfonamides is 1. The zero-order valence-corrected chi connectivity index (χ0v) is 25.0. The minimum atomic E-state index is -3.79. The number of hydrogen-bond acceptors (Lipinski definition) is 4. The number of carbonyl (C=O) groups excluding carboxylic acids is 2. The van der Waals surface area contributed by atoms with Crippen molar-refractivity contribution < 1.29 is 18.0 Å². The van der Waals surface area contributed by atoms with Crippen molar-refractivity contribution in [3.8, 4) is 0 Å². The third-order valence-electron chi connectivity index (χ3n) is 6.43. The first-order chi connectivity index (χ1) is 18.6. The van der Waals surface area contributed by atoms with Crippen LogP contribution in [0, 0.1) is 6.92 Å². The highest BCUT2D eigenvalue weighted by molar-refractivity contribution is 9.10. The van der Waals surface area contributed by atoms with E-state index in [0.29, 0.717) is 18.7 Å². The molecule has 0 radical (unpaired) electrons. The monoisotopic (exact) mass is 613 g/mol. The second-order valence-electron chi connectivity index (χ2n) is 9.55. The number of benzene rings is 3. The molecule has 1 atom stereocenters. The van der Waals surface area contributed by atoms with Crippen LogP contribution >= 0.6 is 15.9 Å². The van der Waals surface area contributed by atoms with Crippen molar-refractivity contribution in [2.45, 2.75) is 45.7 Å². The quantitative estimate of drug-likeness (QED) is 0.272. The number of carbonyl (C=O) groups is 2. The van der Waals surface area contributed by atoms with Crippen LogP contribution in [0.2, 0.25) is 0 Å². The van der Waals surface area contributed by atoms with Gasteiger partial charge in [0.05, 0.1) is 11.9 Å². The number of halogens is 1. The van der Waals surface area contributed by atoms with Gasteiger partial charge < -0.3 is 10.2 Å². The van der Waals surface area contributed by atoms with Crippen LogP contribution in [0.1, 0.15) is 36.5 Å². The number of hydrogen-bond donors (Lipinski definition) is 1. The molecule has 0 unspecified atom stereocenters. The number of aryl methyl sites for hydroxylation is 1. The molecule has 0 bridgehead atoms. The second kappa shape index (κ2) is 14.3. The minimum Gasteiger partial charge on any atom is -0.354 e. The lowest BCUT2D eigenvalue weighted by Gasteiger charge is -2.33. The fourth-order valence-electron chi connectivity index (χ4n) is 4.28. The molecule has 0 aliphatic carbocycles. The first kappa shape index (κ1) is 30.4. The van der Waals surface area contributed by atoms with Crippen molar-refractivity contribution in [2.24, 2.45) is 0 Å². The molecule has 0 heterocycles. The van der Waals surface area contributed by atoms with Gasteiger partial charge in [-0.1, -0.05) is 89.9 Å². The normalized spacial score (nSPS) is 12.0. The molecule has 0 saturated carbocycles. The third-order valence-corrected chi connectivity index (χ3v) is 8.09. The summed E-state index contributed by atoms with van der Waals surface area (Å²) in [6.07, 6.45) is 3.12. The van der Waals surface area contributed by atoms with E-state index in [4.69, 9.17) is 0 Å². The van der Waals surface area contributed by atoms with E-state index in [0.717, 1.165) is 44.6 Å². The molecular weight excluding hydrogens is 578 g/mol. The summed E-state index contributed by atoms with van der Waals surface area (Å²) in [4.78, 5) is 29.1. The zero-order chi connectivity index (χ0) is 28.4. The largest absolute Gasteiger partial charge is 0.354 e. The highest BCUT2D eigenvalue weighted by Gasteiger charge is 2.33. The maximum absolute atomic E-state index is 14.1. The number of unbranched alkanes of at least 4 members (excludes halogenated alkanes) is 1. The van der Waals surface area contributed by atoms with E-state index in [1.54, 1.807) is 25.1 Å². The number of para-hydroxylation sites is 1. The summed E-state index contributed by atoms with van der Waals surface area (Å²) in [5.41, 5.74) is 2.89. The zero-order valence-electron chi connectivity index (χ0n) is 22.6. The Kier molecular flexibility index (Phi) is 11.1. The van der Waals surface area contributed by atoms with Crippen molar-refractivity contribution >= 4 is 43.5 Å². The molecule has 0 aliphatic heterocycles. The number of anilines is 1. The highest BCUT2D eigenvalue weighted by atomic mass is 79.9. The molecule has 7 nitrogen and oxygen atoms in total. The van der Waals surface area contributed by atoms with E-state index in [9.17, 15) is 18.0 Å². The maximum atomic E-state index is 14.1. The predicted molar refractivity (Wildman–Crippen MR) is 160 cm³/mol. The van der Waals surface area contributed by atoms with Crippen molar-refractivity contribution in [1.82, 2.24) is 10.2 Å². The molecule has 3 rings (SSSR count). The maximum Gasteiger partial charge on any atom is 0.244 e. The highest BCUT2D eigenvalue weighted by Crippen LogP contribution is 2.23. The lowest BCUT2D eigenvalue weighted by Crippen LogP contribution is -2.53. The average Bonchev–Trinajstić information content (AvgIpc) is 2.91. The van der Waals surface area contributed by atoms with Gasteiger partial charge in [0.25, 0.3) is 0 Å². The van der Waals surface area contributed by atoms with Crippen LogP contribution in [0.25, 0.3) is 0 Å². The third kappa shape index (κ3) is 8.93. The van der Waals surface area contributed by atoms with Crippen molar-refractivity contribution in [1.29, 1.82) is 0 Å². The molecule has 3 aromatic rings. The fraction of sp³-hybridized carbons (Fsp3) is 0.333. The van der Waals surface area contributed by atoms with Gasteiger partial charge in [0, 0.05) is 24.0 Å². The summed E-state index contributed by atoms with van der Waals surface area (Å²) < 4.78 is 27.8. The Balaban J connectivity index is 2.03. The molecular formula is C30H36BrN3O4S. The van der Waals surface area contributed by atoms with Crippen LogP contribution < -0.4 is 9.62 Å². The van der Waals surface area contributed by atoms with Crippen LogP contribution in [-0.2, 0) is 32.6 Å². The number of amides is 2. The molecule has 0 fully saturated rings. The van der Waals surface area contributed by atoms with E-state index in [1.165, 1.54) is 4.90 Å².